The Hall–Kier alpha value is -1.06. The molecule has 2 saturated carbocycles. The van der Waals surface area contributed by atoms with Gasteiger partial charge >= 0.3 is 6.01 Å². The van der Waals surface area contributed by atoms with E-state index in [1.807, 2.05) is 6.92 Å². The average Bonchev–Trinajstić information content (AvgIpc) is 3.09. The van der Waals surface area contributed by atoms with Gasteiger partial charge in [-0.25, -0.2) is 0 Å². The summed E-state index contributed by atoms with van der Waals surface area (Å²) in [6.07, 6.45) is 5.69. The van der Waals surface area contributed by atoms with Crippen molar-refractivity contribution in [3.05, 3.63) is 5.82 Å². The van der Waals surface area contributed by atoms with Gasteiger partial charge in [0.25, 0.3) is 0 Å². The van der Waals surface area contributed by atoms with Crippen LogP contribution in [0.5, 0.6) is 0 Å². The Morgan fingerprint density at radius 2 is 2.00 bits per heavy atom. The number of nitrogens with zero attached hydrogens (tertiary/aromatic N) is 2. The van der Waals surface area contributed by atoms with Gasteiger partial charge in [-0.05, 0) is 50.4 Å². The van der Waals surface area contributed by atoms with Crippen LogP contribution in [0.15, 0.2) is 4.52 Å². The minimum Gasteiger partial charge on any atom is -0.337 e. The summed E-state index contributed by atoms with van der Waals surface area (Å²) in [4.78, 5) is 4.15. The quantitative estimate of drug-likeness (QED) is 0.804. The molecule has 4 nitrogen and oxygen atoms in total. The van der Waals surface area contributed by atoms with Gasteiger partial charge in [0, 0.05) is 6.54 Å². The second kappa shape index (κ2) is 3.51. The molecule has 0 spiro atoms. The number of nitrogens with one attached hydrogen (secondary N) is 1. The summed E-state index contributed by atoms with van der Waals surface area (Å²) in [6, 6.07) is 0.582. The van der Waals surface area contributed by atoms with Crippen molar-refractivity contribution in [2.75, 3.05) is 11.9 Å². The van der Waals surface area contributed by atoms with Gasteiger partial charge in [-0.2, -0.15) is 4.98 Å². The molecule has 0 bridgehead atoms. The number of rotatable bonds is 5. The Kier molecular flexibility index (Phi) is 2.15. The van der Waals surface area contributed by atoms with Gasteiger partial charge in [0.05, 0.1) is 0 Å². The Morgan fingerprint density at radius 3 is 2.47 bits per heavy atom. The molecule has 0 aromatic carbocycles. The Balaban J connectivity index is 1.55. The molecule has 0 aliphatic heterocycles. The molecule has 1 aromatic heterocycles. The van der Waals surface area contributed by atoms with Gasteiger partial charge in [0.15, 0.2) is 5.82 Å². The van der Waals surface area contributed by atoms with Crippen LogP contribution in [-0.4, -0.2) is 16.7 Å². The Morgan fingerprint density at radius 1 is 1.33 bits per heavy atom. The average molecular weight is 207 g/mol. The summed E-state index contributed by atoms with van der Waals surface area (Å²) in [5, 5.41) is 7.03. The van der Waals surface area contributed by atoms with Crippen molar-refractivity contribution in [2.45, 2.75) is 32.6 Å². The molecular formula is C11H17N3O. The van der Waals surface area contributed by atoms with Crippen LogP contribution in [0.4, 0.5) is 6.01 Å². The van der Waals surface area contributed by atoms with Crippen molar-refractivity contribution in [2.24, 2.45) is 17.8 Å². The summed E-state index contributed by atoms with van der Waals surface area (Å²) in [5.41, 5.74) is 0. The second-order valence-corrected chi connectivity index (χ2v) is 4.87. The fraction of sp³-hybridized carbons (Fsp3) is 0.818. The monoisotopic (exact) mass is 207 g/mol. The lowest BCUT2D eigenvalue weighted by Crippen LogP contribution is -2.18. The zero-order valence-electron chi connectivity index (χ0n) is 9.07. The molecule has 0 unspecified atom stereocenters. The van der Waals surface area contributed by atoms with Gasteiger partial charge in [-0.1, -0.05) is 5.16 Å². The molecule has 3 rings (SSSR count). The first-order valence-corrected chi connectivity index (χ1v) is 5.87. The molecule has 15 heavy (non-hydrogen) atoms. The van der Waals surface area contributed by atoms with Crippen molar-refractivity contribution >= 4 is 6.01 Å². The highest BCUT2D eigenvalue weighted by atomic mass is 16.5. The fourth-order valence-electron chi connectivity index (χ4n) is 2.34. The third kappa shape index (κ3) is 2.13. The van der Waals surface area contributed by atoms with Crippen LogP contribution in [-0.2, 0) is 0 Å². The molecular weight excluding hydrogens is 190 g/mol. The number of hydrogen-bond acceptors (Lipinski definition) is 4. The van der Waals surface area contributed by atoms with E-state index in [1.165, 1.54) is 25.7 Å². The number of aromatic nitrogens is 2. The summed E-state index contributed by atoms with van der Waals surface area (Å²) in [5.74, 6) is 3.48. The highest BCUT2D eigenvalue weighted by molar-refractivity contribution is 5.18. The van der Waals surface area contributed by atoms with Crippen molar-refractivity contribution in [1.29, 1.82) is 0 Å². The van der Waals surface area contributed by atoms with E-state index in [2.05, 4.69) is 15.5 Å². The fourth-order valence-corrected chi connectivity index (χ4v) is 2.34. The van der Waals surface area contributed by atoms with Crippen LogP contribution >= 0.6 is 0 Å². The van der Waals surface area contributed by atoms with Crippen LogP contribution in [0.25, 0.3) is 0 Å². The molecule has 2 aliphatic rings. The first-order valence-electron chi connectivity index (χ1n) is 5.87. The molecule has 0 atom stereocenters. The van der Waals surface area contributed by atoms with Gasteiger partial charge < -0.3 is 9.84 Å². The van der Waals surface area contributed by atoms with Crippen LogP contribution in [0.2, 0.25) is 0 Å². The second-order valence-electron chi connectivity index (χ2n) is 4.87. The van der Waals surface area contributed by atoms with Crippen LogP contribution in [0.3, 0.4) is 0 Å². The van der Waals surface area contributed by atoms with Gasteiger partial charge in [-0.3, -0.25) is 0 Å². The molecule has 2 aliphatic carbocycles. The van der Waals surface area contributed by atoms with E-state index in [0.717, 1.165) is 24.3 Å². The third-order valence-electron chi connectivity index (χ3n) is 3.47. The first-order chi connectivity index (χ1) is 7.33. The molecule has 1 aromatic rings. The van der Waals surface area contributed by atoms with Crippen LogP contribution in [0, 0.1) is 24.7 Å². The lowest BCUT2D eigenvalue weighted by atomic mass is 9.98. The number of hydrogen-bond donors (Lipinski definition) is 1. The smallest absolute Gasteiger partial charge is 0.321 e. The predicted octanol–water partition coefficient (Wildman–Crippen LogP) is 2.23. The Labute approximate surface area is 89.4 Å². The largest absolute Gasteiger partial charge is 0.337 e. The van der Waals surface area contributed by atoms with E-state index in [-0.39, 0.29) is 0 Å². The van der Waals surface area contributed by atoms with Crippen molar-refractivity contribution in [3.8, 4) is 0 Å². The van der Waals surface area contributed by atoms with E-state index in [4.69, 9.17) is 4.52 Å². The lowest BCUT2D eigenvalue weighted by Gasteiger charge is -2.14. The zero-order chi connectivity index (χ0) is 10.3. The van der Waals surface area contributed by atoms with E-state index < -0.39 is 0 Å². The zero-order valence-corrected chi connectivity index (χ0v) is 9.07. The first kappa shape index (κ1) is 9.19. The van der Waals surface area contributed by atoms with E-state index in [0.29, 0.717) is 11.8 Å². The molecule has 2 fully saturated rings. The maximum Gasteiger partial charge on any atom is 0.321 e. The highest BCUT2D eigenvalue weighted by Crippen LogP contribution is 2.49. The van der Waals surface area contributed by atoms with Crippen LogP contribution < -0.4 is 5.32 Å². The minimum atomic E-state index is 0.582. The standard InChI is InChI=1S/C11H17N3O/c1-7-13-11(15-14-7)12-6-10(8-2-3-8)9-4-5-9/h8-10H,2-6H2,1H3,(H,12,13,14). The lowest BCUT2D eigenvalue weighted by molar-refractivity contribution is 0.400. The van der Waals surface area contributed by atoms with Gasteiger partial charge in [-0.15, -0.1) is 0 Å². The van der Waals surface area contributed by atoms with Crippen LogP contribution in [0.1, 0.15) is 31.5 Å². The van der Waals surface area contributed by atoms with Crippen molar-refractivity contribution in [3.63, 3.8) is 0 Å². The van der Waals surface area contributed by atoms with Gasteiger partial charge in [0.2, 0.25) is 0 Å². The van der Waals surface area contributed by atoms with Crippen molar-refractivity contribution < 1.29 is 4.52 Å². The normalized spacial score (nSPS) is 20.9. The molecule has 0 saturated heterocycles. The summed E-state index contributed by atoms with van der Waals surface area (Å²) in [7, 11) is 0. The highest BCUT2D eigenvalue weighted by Gasteiger charge is 2.41. The topological polar surface area (TPSA) is 51.0 Å². The summed E-state index contributed by atoms with van der Waals surface area (Å²) >= 11 is 0. The molecule has 0 radical (unpaired) electrons. The van der Waals surface area contributed by atoms with E-state index in [1.54, 1.807) is 0 Å². The molecule has 1 N–H and O–H groups in total. The summed E-state index contributed by atoms with van der Waals surface area (Å²) < 4.78 is 5.04. The van der Waals surface area contributed by atoms with E-state index in [9.17, 15) is 0 Å². The van der Waals surface area contributed by atoms with Crippen molar-refractivity contribution in [1.82, 2.24) is 10.1 Å². The maximum absolute atomic E-state index is 5.04. The third-order valence-corrected chi connectivity index (χ3v) is 3.47. The molecule has 1 heterocycles. The maximum atomic E-state index is 5.04. The minimum absolute atomic E-state index is 0.582. The number of anilines is 1. The number of aryl methyl sites for hydroxylation is 1. The molecule has 4 heteroatoms. The summed E-state index contributed by atoms with van der Waals surface area (Å²) in [6.45, 7) is 2.85. The SMILES string of the molecule is Cc1noc(NCC(C2CC2)C2CC2)n1. The van der Waals surface area contributed by atoms with Gasteiger partial charge in [0.1, 0.15) is 0 Å². The molecule has 82 valence electrons. The molecule has 0 amide bonds. The predicted molar refractivity (Wildman–Crippen MR) is 56.5 cm³/mol. The van der Waals surface area contributed by atoms with E-state index >= 15 is 0 Å². The Bertz CT molecular complexity index is 329.